The summed E-state index contributed by atoms with van der Waals surface area (Å²) in [6, 6.07) is 15.4. The predicted octanol–water partition coefficient (Wildman–Crippen LogP) is 3.26. The van der Waals surface area contributed by atoms with Crippen LogP contribution in [0.3, 0.4) is 0 Å². The molecule has 2 N–H and O–H groups in total. The molecule has 1 aromatic heterocycles. The number of benzene rings is 2. The van der Waals surface area contributed by atoms with Gasteiger partial charge in [-0.3, -0.25) is 0 Å². The molecule has 17 heavy (non-hydrogen) atoms. The summed E-state index contributed by atoms with van der Waals surface area (Å²) in [5.74, 6) is 0.514. The standard InChI is InChI=1S/C13H10ClN3/c14-10-6-2-4-8-12(10)17-11-7-3-1-5-9(11)13(15)16-17/h1-8H,(H2,15,16). The quantitative estimate of drug-likeness (QED) is 0.713. The van der Waals surface area contributed by atoms with Crippen molar-refractivity contribution in [1.82, 2.24) is 9.78 Å². The monoisotopic (exact) mass is 243 g/mol. The fourth-order valence-corrected chi connectivity index (χ4v) is 2.11. The Hall–Kier alpha value is -2.00. The maximum Gasteiger partial charge on any atom is 0.153 e. The first-order valence-corrected chi connectivity index (χ1v) is 5.63. The molecule has 0 unspecified atom stereocenters. The summed E-state index contributed by atoms with van der Waals surface area (Å²) in [4.78, 5) is 0. The third-order valence-corrected chi connectivity index (χ3v) is 3.02. The van der Waals surface area contributed by atoms with Gasteiger partial charge in [-0.2, -0.15) is 0 Å². The fourth-order valence-electron chi connectivity index (χ4n) is 1.90. The van der Waals surface area contributed by atoms with Gasteiger partial charge >= 0.3 is 0 Å². The van der Waals surface area contributed by atoms with Gasteiger partial charge in [0.25, 0.3) is 0 Å². The van der Waals surface area contributed by atoms with Crippen LogP contribution in [0.15, 0.2) is 48.5 Å². The highest BCUT2D eigenvalue weighted by molar-refractivity contribution is 6.32. The Morgan fingerprint density at radius 1 is 1.00 bits per heavy atom. The second kappa shape index (κ2) is 3.79. The third kappa shape index (κ3) is 1.56. The van der Waals surface area contributed by atoms with Gasteiger partial charge in [0.15, 0.2) is 5.82 Å². The first-order valence-electron chi connectivity index (χ1n) is 5.25. The molecule has 0 aliphatic carbocycles. The highest BCUT2D eigenvalue weighted by Gasteiger charge is 2.10. The first-order chi connectivity index (χ1) is 8.27. The van der Waals surface area contributed by atoms with E-state index in [1.165, 1.54) is 0 Å². The molecule has 0 aliphatic rings. The van der Waals surface area contributed by atoms with Crippen molar-refractivity contribution in [2.24, 2.45) is 0 Å². The van der Waals surface area contributed by atoms with Gasteiger partial charge in [0.1, 0.15) is 0 Å². The van der Waals surface area contributed by atoms with Crippen LogP contribution in [0, 0.1) is 0 Å². The van der Waals surface area contributed by atoms with E-state index in [0.29, 0.717) is 10.8 Å². The lowest BCUT2D eigenvalue weighted by molar-refractivity contribution is 0.917. The van der Waals surface area contributed by atoms with E-state index in [0.717, 1.165) is 16.6 Å². The second-order valence-electron chi connectivity index (χ2n) is 3.77. The maximum atomic E-state index is 6.17. The molecule has 0 saturated carbocycles. The summed E-state index contributed by atoms with van der Waals surface area (Å²) in [7, 11) is 0. The van der Waals surface area contributed by atoms with Gasteiger partial charge in [-0.15, -0.1) is 5.10 Å². The molecule has 4 heteroatoms. The average Bonchev–Trinajstić information content (AvgIpc) is 2.68. The zero-order valence-electron chi connectivity index (χ0n) is 8.97. The molecule has 0 amide bonds. The third-order valence-electron chi connectivity index (χ3n) is 2.70. The van der Waals surface area contributed by atoms with Crippen LogP contribution in [0.2, 0.25) is 5.02 Å². The van der Waals surface area contributed by atoms with Gasteiger partial charge in [0.05, 0.1) is 16.2 Å². The van der Waals surface area contributed by atoms with Crippen molar-refractivity contribution >= 4 is 28.3 Å². The SMILES string of the molecule is Nc1nn(-c2ccccc2Cl)c2ccccc12. The highest BCUT2D eigenvalue weighted by atomic mass is 35.5. The molecular weight excluding hydrogens is 234 g/mol. The number of para-hydroxylation sites is 2. The summed E-state index contributed by atoms with van der Waals surface area (Å²) in [6.07, 6.45) is 0. The Morgan fingerprint density at radius 2 is 1.71 bits per heavy atom. The number of fused-ring (bicyclic) bond motifs is 1. The lowest BCUT2D eigenvalue weighted by Gasteiger charge is -2.04. The normalized spacial score (nSPS) is 10.9. The molecule has 0 bridgehead atoms. The Morgan fingerprint density at radius 3 is 2.53 bits per heavy atom. The smallest absolute Gasteiger partial charge is 0.153 e. The van der Waals surface area contributed by atoms with Gasteiger partial charge in [-0.05, 0) is 24.3 Å². The summed E-state index contributed by atoms with van der Waals surface area (Å²) in [6.45, 7) is 0. The fraction of sp³-hybridized carbons (Fsp3) is 0. The lowest BCUT2D eigenvalue weighted by Crippen LogP contribution is -1.97. The van der Waals surface area contributed by atoms with E-state index in [1.54, 1.807) is 4.68 Å². The van der Waals surface area contributed by atoms with Crippen molar-refractivity contribution in [1.29, 1.82) is 0 Å². The van der Waals surface area contributed by atoms with E-state index in [9.17, 15) is 0 Å². The first kappa shape index (κ1) is 10.2. The van der Waals surface area contributed by atoms with E-state index < -0.39 is 0 Å². The van der Waals surface area contributed by atoms with Crippen LogP contribution < -0.4 is 5.73 Å². The minimum atomic E-state index is 0.514. The van der Waals surface area contributed by atoms with E-state index >= 15 is 0 Å². The molecule has 0 atom stereocenters. The zero-order valence-corrected chi connectivity index (χ0v) is 9.72. The van der Waals surface area contributed by atoms with Crippen molar-refractivity contribution in [3.63, 3.8) is 0 Å². The van der Waals surface area contributed by atoms with Crippen LogP contribution in [0.1, 0.15) is 0 Å². The highest BCUT2D eigenvalue weighted by Crippen LogP contribution is 2.26. The van der Waals surface area contributed by atoms with Crippen LogP contribution >= 0.6 is 11.6 Å². The van der Waals surface area contributed by atoms with Crippen molar-refractivity contribution in [3.05, 3.63) is 53.6 Å². The van der Waals surface area contributed by atoms with E-state index in [1.807, 2.05) is 48.5 Å². The van der Waals surface area contributed by atoms with Crippen molar-refractivity contribution in [2.75, 3.05) is 5.73 Å². The van der Waals surface area contributed by atoms with Gasteiger partial charge in [0, 0.05) is 5.39 Å². The number of nitrogens with two attached hydrogens (primary N) is 1. The Kier molecular flexibility index (Phi) is 2.27. The van der Waals surface area contributed by atoms with Crippen molar-refractivity contribution < 1.29 is 0 Å². The van der Waals surface area contributed by atoms with E-state index in [4.69, 9.17) is 17.3 Å². The number of hydrogen-bond acceptors (Lipinski definition) is 2. The topological polar surface area (TPSA) is 43.8 Å². The molecule has 0 spiro atoms. The second-order valence-corrected chi connectivity index (χ2v) is 4.17. The molecule has 1 heterocycles. The number of aromatic nitrogens is 2. The predicted molar refractivity (Wildman–Crippen MR) is 70.5 cm³/mol. The average molecular weight is 244 g/mol. The summed E-state index contributed by atoms with van der Waals surface area (Å²) in [5, 5.41) is 5.92. The molecular formula is C13H10ClN3. The molecule has 0 radical (unpaired) electrons. The molecule has 0 aliphatic heterocycles. The Bertz CT molecular complexity index is 688. The number of nitrogens with zero attached hydrogens (tertiary/aromatic N) is 2. The van der Waals surface area contributed by atoms with E-state index in [2.05, 4.69) is 5.10 Å². The van der Waals surface area contributed by atoms with Gasteiger partial charge < -0.3 is 5.73 Å². The number of hydrogen-bond donors (Lipinski definition) is 1. The van der Waals surface area contributed by atoms with Crippen LogP contribution in [0.25, 0.3) is 16.6 Å². The lowest BCUT2D eigenvalue weighted by atomic mass is 10.2. The van der Waals surface area contributed by atoms with Crippen LogP contribution in [-0.2, 0) is 0 Å². The summed E-state index contributed by atoms with van der Waals surface area (Å²) < 4.78 is 1.77. The van der Waals surface area contributed by atoms with Crippen molar-refractivity contribution in [3.8, 4) is 5.69 Å². The zero-order chi connectivity index (χ0) is 11.8. The number of rotatable bonds is 1. The largest absolute Gasteiger partial charge is 0.382 e. The number of nitrogen functional groups attached to an aromatic ring is 1. The van der Waals surface area contributed by atoms with Crippen molar-refractivity contribution in [2.45, 2.75) is 0 Å². The van der Waals surface area contributed by atoms with E-state index in [-0.39, 0.29) is 0 Å². The van der Waals surface area contributed by atoms with Gasteiger partial charge in [-0.1, -0.05) is 35.9 Å². The molecule has 3 nitrogen and oxygen atoms in total. The molecule has 3 rings (SSSR count). The minimum absolute atomic E-state index is 0.514. The number of halogens is 1. The number of anilines is 1. The molecule has 0 saturated heterocycles. The van der Waals surface area contributed by atoms with Crippen LogP contribution in [0.5, 0.6) is 0 Å². The summed E-state index contributed by atoms with van der Waals surface area (Å²) in [5.41, 5.74) is 7.68. The molecule has 0 fully saturated rings. The molecule has 3 aromatic rings. The maximum absolute atomic E-state index is 6.17. The van der Waals surface area contributed by atoms with Crippen LogP contribution in [-0.4, -0.2) is 9.78 Å². The van der Waals surface area contributed by atoms with Crippen LogP contribution in [0.4, 0.5) is 5.82 Å². The van der Waals surface area contributed by atoms with Gasteiger partial charge in [0.2, 0.25) is 0 Å². The Balaban J connectivity index is 2.35. The molecule has 84 valence electrons. The Labute approximate surface area is 103 Å². The summed E-state index contributed by atoms with van der Waals surface area (Å²) >= 11 is 6.17. The minimum Gasteiger partial charge on any atom is -0.382 e. The van der Waals surface area contributed by atoms with Gasteiger partial charge in [-0.25, -0.2) is 4.68 Å². The molecule has 2 aromatic carbocycles.